The first-order chi connectivity index (χ1) is 8.61. The van der Waals surface area contributed by atoms with E-state index in [-0.39, 0.29) is 24.6 Å². The zero-order valence-corrected chi connectivity index (χ0v) is 10.5. The Bertz CT molecular complexity index is 412. The maximum absolute atomic E-state index is 13.3. The van der Waals surface area contributed by atoms with Gasteiger partial charge in [-0.2, -0.15) is 0 Å². The second-order valence-corrected chi connectivity index (χ2v) is 4.61. The van der Waals surface area contributed by atoms with Crippen LogP contribution in [0.3, 0.4) is 0 Å². The molecule has 0 bridgehead atoms. The van der Waals surface area contributed by atoms with E-state index in [1.54, 1.807) is 6.07 Å². The zero-order chi connectivity index (χ0) is 13.1. The average molecular weight is 254 g/mol. The Labute approximate surface area is 106 Å². The topological polar surface area (TPSA) is 58.7 Å². The van der Waals surface area contributed by atoms with Crippen LogP contribution in [0, 0.1) is 5.82 Å². The van der Waals surface area contributed by atoms with Crippen LogP contribution in [-0.2, 0) is 4.74 Å². The maximum Gasteiger partial charge on any atom is 0.123 e. The summed E-state index contributed by atoms with van der Waals surface area (Å²) in [4.78, 5) is 2.09. The highest BCUT2D eigenvalue weighted by Gasteiger charge is 2.22. The molecule has 1 heterocycles. The monoisotopic (exact) mass is 254 g/mol. The molecule has 1 saturated heterocycles. The number of anilines is 1. The van der Waals surface area contributed by atoms with Gasteiger partial charge in [0.05, 0.1) is 19.3 Å². The molecule has 2 atom stereocenters. The number of nitrogens with zero attached hydrogens (tertiary/aromatic N) is 1. The first-order valence-corrected chi connectivity index (χ1v) is 6.14. The summed E-state index contributed by atoms with van der Waals surface area (Å²) in [5, 5.41) is 9.14. The van der Waals surface area contributed by atoms with E-state index in [0.717, 1.165) is 17.8 Å². The van der Waals surface area contributed by atoms with E-state index in [0.29, 0.717) is 13.2 Å². The lowest BCUT2D eigenvalue weighted by Crippen LogP contribution is -2.44. The van der Waals surface area contributed by atoms with Gasteiger partial charge < -0.3 is 20.5 Å². The van der Waals surface area contributed by atoms with E-state index in [9.17, 15) is 4.39 Å². The van der Waals surface area contributed by atoms with Crippen molar-refractivity contribution in [2.24, 2.45) is 5.73 Å². The second kappa shape index (κ2) is 5.65. The third-order valence-corrected chi connectivity index (χ3v) is 3.16. The highest BCUT2D eigenvalue weighted by molar-refractivity contribution is 5.55. The Hall–Kier alpha value is -1.17. The smallest absolute Gasteiger partial charge is 0.123 e. The fourth-order valence-electron chi connectivity index (χ4n) is 2.23. The lowest BCUT2D eigenvalue weighted by Gasteiger charge is -2.35. The molecule has 0 aromatic heterocycles. The lowest BCUT2D eigenvalue weighted by molar-refractivity contribution is 0.00351. The van der Waals surface area contributed by atoms with Crippen LogP contribution in [0.2, 0.25) is 0 Å². The third-order valence-electron chi connectivity index (χ3n) is 3.16. The normalized spacial score (nSPS) is 22.0. The van der Waals surface area contributed by atoms with Gasteiger partial charge in [0.25, 0.3) is 0 Å². The van der Waals surface area contributed by atoms with Crippen molar-refractivity contribution in [2.75, 3.05) is 31.2 Å². The maximum atomic E-state index is 13.3. The van der Waals surface area contributed by atoms with Gasteiger partial charge >= 0.3 is 0 Å². The van der Waals surface area contributed by atoms with Gasteiger partial charge in [-0.3, -0.25) is 0 Å². The fraction of sp³-hybridized carbons (Fsp3) is 0.538. The highest BCUT2D eigenvalue weighted by Crippen LogP contribution is 2.27. The van der Waals surface area contributed by atoms with Crippen molar-refractivity contribution in [3.8, 4) is 0 Å². The van der Waals surface area contributed by atoms with E-state index in [4.69, 9.17) is 15.6 Å². The molecule has 5 heteroatoms. The van der Waals surface area contributed by atoms with Crippen LogP contribution in [0.25, 0.3) is 0 Å². The molecule has 100 valence electrons. The second-order valence-electron chi connectivity index (χ2n) is 4.61. The number of rotatable bonds is 3. The molecule has 1 unspecified atom stereocenters. The summed E-state index contributed by atoms with van der Waals surface area (Å²) < 4.78 is 18.7. The molecule has 3 N–H and O–H groups in total. The molecule has 1 aliphatic rings. The number of hydrogen-bond donors (Lipinski definition) is 2. The predicted octanol–water partition coefficient (Wildman–Crippen LogP) is 1.04. The first-order valence-electron chi connectivity index (χ1n) is 6.14. The summed E-state index contributed by atoms with van der Waals surface area (Å²) in [5.74, 6) is -0.280. The molecule has 18 heavy (non-hydrogen) atoms. The number of nitrogens with two attached hydrogens (primary N) is 1. The van der Waals surface area contributed by atoms with Crippen LogP contribution >= 0.6 is 0 Å². The van der Waals surface area contributed by atoms with Crippen LogP contribution in [0.15, 0.2) is 18.2 Å². The van der Waals surface area contributed by atoms with Crippen LogP contribution < -0.4 is 10.6 Å². The van der Waals surface area contributed by atoms with Crippen LogP contribution in [0.4, 0.5) is 10.1 Å². The molecule has 1 fully saturated rings. The number of benzene rings is 1. The Morgan fingerprint density at radius 2 is 2.39 bits per heavy atom. The molecule has 4 nitrogen and oxygen atoms in total. The van der Waals surface area contributed by atoms with Gasteiger partial charge in [0.2, 0.25) is 0 Å². The minimum absolute atomic E-state index is 0.00872. The quantitative estimate of drug-likeness (QED) is 0.846. The first kappa shape index (κ1) is 13.3. The third kappa shape index (κ3) is 2.80. The van der Waals surface area contributed by atoms with Crippen molar-refractivity contribution in [3.05, 3.63) is 29.6 Å². The summed E-state index contributed by atoms with van der Waals surface area (Å²) in [7, 11) is 0. The number of aliphatic hydroxyl groups is 1. The van der Waals surface area contributed by atoms with E-state index in [1.165, 1.54) is 12.1 Å². The van der Waals surface area contributed by atoms with Crippen molar-refractivity contribution in [2.45, 2.75) is 19.1 Å². The van der Waals surface area contributed by atoms with Crippen LogP contribution in [0.1, 0.15) is 18.5 Å². The number of hydrogen-bond acceptors (Lipinski definition) is 4. The summed E-state index contributed by atoms with van der Waals surface area (Å²) in [6, 6.07) is 4.42. The summed E-state index contributed by atoms with van der Waals surface area (Å²) in [6.45, 7) is 3.71. The minimum Gasteiger partial charge on any atom is -0.394 e. The Balaban J connectivity index is 2.26. The Kier molecular flexibility index (Phi) is 4.16. The van der Waals surface area contributed by atoms with E-state index in [1.807, 2.05) is 6.92 Å². The van der Waals surface area contributed by atoms with E-state index >= 15 is 0 Å². The molecule has 0 radical (unpaired) electrons. The lowest BCUT2D eigenvalue weighted by atomic mass is 10.0. The molecule has 0 saturated carbocycles. The standard InChI is InChI=1S/C13H19FN2O2/c1-9(15)12-6-10(14)2-3-13(12)16-4-5-18-11(7-16)8-17/h2-3,6,9,11,17H,4-5,7-8,15H2,1H3/t9-,11?/m0/s1. The van der Waals surface area contributed by atoms with Crippen LogP contribution in [-0.4, -0.2) is 37.5 Å². The summed E-state index contributed by atoms with van der Waals surface area (Å²) in [5.41, 5.74) is 7.59. The zero-order valence-electron chi connectivity index (χ0n) is 10.5. The molecule has 0 amide bonds. The molecule has 0 spiro atoms. The van der Waals surface area contributed by atoms with Gasteiger partial charge in [-0.1, -0.05) is 0 Å². The van der Waals surface area contributed by atoms with Gasteiger partial charge in [-0.05, 0) is 30.7 Å². The van der Waals surface area contributed by atoms with E-state index < -0.39 is 0 Å². The van der Waals surface area contributed by atoms with Gasteiger partial charge in [0, 0.05) is 24.8 Å². The predicted molar refractivity (Wildman–Crippen MR) is 68.0 cm³/mol. The summed E-state index contributed by atoms with van der Waals surface area (Å²) >= 11 is 0. The Morgan fingerprint density at radius 3 is 3.06 bits per heavy atom. The number of aliphatic hydroxyl groups excluding tert-OH is 1. The molecular weight excluding hydrogens is 235 g/mol. The van der Waals surface area contributed by atoms with Crippen LogP contribution in [0.5, 0.6) is 0 Å². The van der Waals surface area contributed by atoms with Crippen molar-refractivity contribution in [1.82, 2.24) is 0 Å². The van der Waals surface area contributed by atoms with E-state index in [2.05, 4.69) is 4.90 Å². The van der Waals surface area contributed by atoms with Crippen molar-refractivity contribution in [3.63, 3.8) is 0 Å². The number of morpholine rings is 1. The number of ether oxygens (including phenoxy) is 1. The molecular formula is C13H19FN2O2. The van der Waals surface area contributed by atoms with Gasteiger partial charge in [-0.15, -0.1) is 0 Å². The molecule has 1 aromatic rings. The summed E-state index contributed by atoms with van der Waals surface area (Å²) in [6.07, 6.45) is -0.190. The minimum atomic E-state index is -0.280. The van der Waals surface area contributed by atoms with Crippen molar-refractivity contribution >= 4 is 5.69 Å². The van der Waals surface area contributed by atoms with Gasteiger partial charge in [-0.25, -0.2) is 4.39 Å². The van der Waals surface area contributed by atoms with Gasteiger partial charge in [0.15, 0.2) is 0 Å². The van der Waals surface area contributed by atoms with Crippen molar-refractivity contribution < 1.29 is 14.2 Å². The van der Waals surface area contributed by atoms with Crippen molar-refractivity contribution in [1.29, 1.82) is 0 Å². The average Bonchev–Trinajstić information content (AvgIpc) is 2.38. The molecule has 1 aromatic carbocycles. The molecule has 2 rings (SSSR count). The fourth-order valence-corrected chi connectivity index (χ4v) is 2.23. The highest BCUT2D eigenvalue weighted by atomic mass is 19.1. The number of halogens is 1. The molecule has 1 aliphatic heterocycles. The largest absolute Gasteiger partial charge is 0.394 e. The SMILES string of the molecule is C[C@H](N)c1cc(F)ccc1N1CCOC(CO)C1. The van der Waals surface area contributed by atoms with Gasteiger partial charge in [0.1, 0.15) is 5.82 Å². The Morgan fingerprint density at radius 1 is 1.61 bits per heavy atom. The molecule has 0 aliphatic carbocycles.